The molecule has 0 spiro atoms. The Balaban J connectivity index is 1.81. The van der Waals surface area contributed by atoms with Crippen LogP contribution in [0.25, 0.3) is 0 Å². The summed E-state index contributed by atoms with van der Waals surface area (Å²) in [5, 5.41) is 2.28. The molecule has 154 valence electrons. The van der Waals surface area contributed by atoms with Crippen molar-refractivity contribution in [2.45, 2.75) is 12.6 Å². The highest BCUT2D eigenvalue weighted by atomic mass is 19.4. The lowest BCUT2D eigenvalue weighted by Crippen LogP contribution is -2.29. The number of alkyl halides is 3. The molecule has 1 saturated heterocycles. The van der Waals surface area contributed by atoms with E-state index in [0.717, 1.165) is 11.0 Å². The molecule has 2 amide bonds. The predicted octanol–water partition coefficient (Wildman–Crippen LogP) is 3.90. The highest BCUT2D eigenvalue weighted by Crippen LogP contribution is 2.37. The van der Waals surface area contributed by atoms with E-state index in [0.29, 0.717) is 5.69 Å². The molecule has 2 aromatic carbocycles. The molecule has 1 fully saturated rings. The summed E-state index contributed by atoms with van der Waals surface area (Å²) in [4.78, 5) is 27.4. The Morgan fingerprint density at radius 1 is 1.17 bits per heavy atom. The first-order valence-corrected chi connectivity index (χ1v) is 8.82. The van der Waals surface area contributed by atoms with Crippen molar-refractivity contribution in [1.29, 1.82) is 0 Å². The summed E-state index contributed by atoms with van der Waals surface area (Å²) in [5.41, 5.74) is -0.992. The van der Waals surface area contributed by atoms with Gasteiger partial charge in [0, 0.05) is 32.7 Å². The Morgan fingerprint density at radius 2 is 1.86 bits per heavy atom. The van der Waals surface area contributed by atoms with Crippen LogP contribution in [-0.4, -0.2) is 32.5 Å². The van der Waals surface area contributed by atoms with Gasteiger partial charge in [-0.1, -0.05) is 12.1 Å². The number of carbonyl (C=O) groups is 2. The summed E-state index contributed by atoms with van der Waals surface area (Å²) in [6.07, 6.45) is -4.88. The van der Waals surface area contributed by atoms with Gasteiger partial charge in [0.1, 0.15) is 5.82 Å². The maximum Gasteiger partial charge on any atom is 0.418 e. The van der Waals surface area contributed by atoms with E-state index >= 15 is 0 Å². The summed E-state index contributed by atoms with van der Waals surface area (Å²) < 4.78 is 54.3. The van der Waals surface area contributed by atoms with Gasteiger partial charge in [0.15, 0.2) is 0 Å². The summed E-state index contributed by atoms with van der Waals surface area (Å²) in [5.74, 6) is -2.69. The van der Waals surface area contributed by atoms with E-state index in [1.165, 1.54) is 35.2 Å². The molecule has 0 aliphatic carbocycles. The van der Waals surface area contributed by atoms with Crippen molar-refractivity contribution in [2.75, 3.05) is 35.8 Å². The Morgan fingerprint density at radius 3 is 2.48 bits per heavy atom. The number of hydrogen-bond donors (Lipinski definition) is 1. The largest absolute Gasteiger partial charge is 0.418 e. The third-order valence-electron chi connectivity index (χ3n) is 4.72. The van der Waals surface area contributed by atoms with E-state index in [1.54, 1.807) is 20.2 Å². The van der Waals surface area contributed by atoms with Gasteiger partial charge in [0.2, 0.25) is 11.8 Å². The summed E-state index contributed by atoms with van der Waals surface area (Å²) in [6, 6.07) is 9.21. The Labute approximate surface area is 164 Å². The van der Waals surface area contributed by atoms with Crippen molar-refractivity contribution in [3.63, 3.8) is 0 Å². The molecule has 9 heteroatoms. The minimum Gasteiger partial charge on any atom is -0.378 e. The summed E-state index contributed by atoms with van der Waals surface area (Å²) in [7, 11) is 3.21. The topological polar surface area (TPSA) is 52.7 Å². The van der Waals surface area contributed by atoms with Crippen molar-refractivity contribution >= 4 is 28.9 Å². The molecule has 2 aromatic rings. The number of nitrogens with zero attached hydrogens (tertiary/aromatic N) is 2. The number of carbonyl (C=O) groups excluding carboxylic acids is 2. The van der Waals surface area contributed by atoms with Gasteiger partial charge in [-0.3, -0.25) is 9.59 Å². The standard InChI is InChI=1S/C20H19F4N3O2/c1-26(2)13-7-8-16(14(10-13)20(22,23)24)25-19(29)12-9-18(28)27(11-12)17-6-4-3-5-15(17)21/h3-8,10,12H,9,11H2,1-2H3,(H,25,29). The van der Waals surface area contributed by atoms with Crippen molar-refractivity contribution in [3.8, 4) is 0 Å². The van der Waals surface area contributed by atoms with Crippen molar-refractivity contribution < 1.29 is 27.2 Å². The molecule has 1 aliphatic heterocycles. The van der Waals surface area contributed by atoms with Crippen LogP contribution >= 0.6 is 0 Å². The molecular formula is C20H19F4N3O2. The zero-order chi connectivity index (χ0) is 21.3. The maximum absolute atomic E-state index is 14.0. The zero-order valence-electron chi connectivity index (χ0n) is 15.8. The van der Waals surface area contributed by atoms with E-state index < -0.39 is 35.3 Å². The predicted molar refractivity (Wildman–Crippen MR) is 101 cm³/mol. The maximum atomic E-state index is 14.0. The molecule has 0 aromatic heterocycles. The number of halogens is 4. The Bertz CT molecular complexity index is 944. The highest BCUT2D eigenvalue weighted by Gasteiger charge is 2.38. The summed E-state index contributed by atoms with van der Waals surface area (Å²) >= 11 is 0. The van der Waals surface area contributed by atoms with Crippen molar-refractivity contribution in [2.24, 2.45) is 5.92 Å². The van der Waals surface area contributed by atoms with Gasteiger partial charge in [0.05, 0.1) is 22.9 Å². The van der Waals surface area contributed by atoms with Gasteiger partial charge in [-0.05, 0) is 30.3 Å². The second-order valence-electron chi connectivity index (χ2n) is 6.97. The SMILES string of the molecule is CN(C)c1ccc(NC(=O)C2CC(=O)N(c3ccccc3F)C2)c(C(F)(F)F)c1. The minimum absolute atomic E-state index is 0.0408. The molecule has 0 radical (unpaired) electrons. The van der Waals surface area contributed by atoms with Crippen LogP contribution in [0.4, 0.5) is 34.6 Å². The van der Waals surface area contributed by atoms with E-state index in [1.807, 2.05) is 0 Å². The fourth-order valence-corrected chi connectivity index (χ4v) is 3.18. The van der Waals surface area contributed by atoms with Gasteiger partial charge in [0.25, 0.3) is 0 Å². The van der Waals surface area contributed by atoms with Crippen LogP contribution in [0.15, 0.2) is 42.5 Å². The quantitative estimate of drug-likeness (QED) is 0.780. The van der Waals surface area contributed by atoms with Crippen LogP contribution in [0.2, 0.25) is 0 Å². The molecule has 29 heavy (non-hydrogen) atoms. The Hall–Kier alpha value is -3.10. The molecule has 1 unspecified atom stereocenters. The molecule has 1 aliphatic rings. The minimum atomic E-state index is -4.67. The third kappa shape index (κ3) is 4.33. The smallest absolute Gasteiger partial charge is 0.378 e. The van der Waals surface area contributed by atoms with Crippen LogP contribution in [-0.2, 0) is 15.8 Å². The zero-order valence-corrected chi connectivity index (χ0v) is 15.8. The van der Waals surface area contributed by atoms with Crippen molar-refractivity contribution in [1.82, 2.24) is 0 Å². The number of rotatable bonds is 4. The van der Waals surface area contributed by atoms with Gasteiger partial charge < -0.3 is 15.1 Å². The lowest BCUT2D eigenvalue weighted by molar-refractivity contribution is -0.137. The number of nitrogens with one attached hydrogen (secondary N) is 1. The van der Waals surface area contributed by atoms with Crippen LogP contribution in [0.3, 0.4) is 0 Å². The fourth-order valence-electron chi connectivity index (χ4n) is 3.18. The van der Waals surface area contributed by atoms with Crippen molar-refractivity contribution in [3.05, 3.63) is 53.8 Å². The Kier molecular flexibility index (Phi) is 5.50. The second-order valence-corrected chi connectivity index (χ2v) is 6.97. The molecule has 0 bridgehead atoms. The van der Waals surface area contributed by atoms with Gasteiger partial charge in [-0.25, -0.2) is 4.39 Å². The number of amides is 2. The molecule has 5 nitrogen and oxygen atoms in total. The molecule has 3 rings (SSSR count). The number of para-hydroxylation sites is 1. The molecular weight excluding hydrogens is 390 g/mol. The van der Waals surface area contributed by atoms with Gasteiger partial charge in [-0.15, -0.1) is 0 Å². The van der Waals surface area contributed by atoms with Crippen LogP contribution in [0, 0.1) is 11.7 Å². The molecule has 1 heterocycles. The average Bonchev–Trinajstić information content (AvgIpc) is 3.03. The van der Waals surface area contributed by atoms with Gasteiger partial charge in [-0.2, -0.15) is 13.2 Å². The molecule has 1 atom stereocenters. The lowest BCUT2D eigenvalue weighted by atomic mass is 10.1. The van der Waals surface area contributed by atoms with Crippen LogP contribution in [0.5, 0.6) is 0 Å². The van der Waals surface area contributed by atoms with E-state index in [2.05, 4.69) is 5.32 Å². The third-order valence-corrected chi connectivity index (χ3v) is 4.72. The van der Waals surface area contributed by atoms with E-state index in [4.69, 9.17) is 0 Å². The summed E-state index contributed by atoms with van der Waals surface area (Å²) in [6.45, 7) is -0.108. The highest BCUT2D eigenvalue weighted by molar-refractivity contribution is 6.03. The molecule has 1 N–H and O–H groups in total. The second kappa shape index (κ2) is 7.73. The van der Waals surface area contributed by atoms with E-state index in [9.17, 15) is 27.2 Å². The average molecular weight is 409 g/mol. The van der Waals surface area contributed by atoms with E-state index in [-0.39, 0.29) is 24.3 Å². The first-order chi connectivity index (χ1) is 13.6. The first kappa shape index (κ1) is 20.6. The first-order valence-electron chi connectivity index (χ1n) is 8.82. The number of anilines is 3. The lowest BCUT2D eigenvalue weighted by Gasteiger charge is -2.20. The molecule has 0 saturated carbocycles. The fraction of sp³-hybridized carbons (Fsp3) is 0.300. The number of hydrogen-bond acceptors (Lipinski definition) is 3. The van der Waals surface area contributed by atoms with Crippen LogP contribution in [0.1, 0.15) is 12.0 Å². The number of benzene rings is 2. The van der Waals surface area contributed by atoms with Gasteiger partial charge >= 0.3 is 6.18 Å². The van der Waals surface area contributed by atoms with Crippen LogP contribution < -0.4 is 15.1 Å². The monoisotopic (exact) mass is 409 g/mol. The normalized spacial score (nSPS) is 16.8.